The highest BCUT2D eigenvalue weighted by Crippen LogP contribution is 2.33. The monoisotopic (exact) mass is 245 g/mol. The van der Waals surface area contributed by atoms with E-state index in [2.05, 4.69) is 22.4 Å². The van der Waals surface area contributed by atoms with Crippen molar-refractivity contribution in [1.82, 2.24) is 14.8 Å². The van der Waals surface area contributed by atoms with Crippen molar-refractivity contribution in [2.45, 2.75) is 38.1 Å². The summed E-state index contributed by atoms with van der Waals surface area (Å²) in [7, 11) is 0. The summed E-state index contributed by atoms with van der Waals surface area (Å²) in [5, 5.41) is 3.49. The maximum absolute atomic E-state index is 4.65. The van der Waals surface area contributed by atoms with Gasteiger partial charge in [-0.1, -0.05) is 0 Å². The maximum Gasteiger partial charge on any atom is 0.227 e. The molecule has 2 fully saturated rings. The number of nitrogens with zero attached hydrogens (tertiary/aromatic N) is 2. The molecule has 0 bridgehead atoms. The van der Waals surface area contributed by atoms with Gasteiger partial charge in [-0.15, -0.1) is 0 Å². The Hall–Kier alpha value is -0.930. The molecule has 0 amide bonds. The van der Waals surface area contributed by atoms with Crippen molar-refractivity contribution in [2.24, 2.45) is 0 Å². The van der Waals surface area contributed by atoms with Crippen LogP contribution in [0.15, 0.2) is 18.3 Å². The molecule has 2 saturated heterocycles. The molecule has 3 heteroatoms. The summed E-state index contributed by atoms with van der Waals surface area (Å²) in [5.74, 6) is 1.28. The van der Waals surface area contributed by atoms with E-state index in [9.17, 15) is 0 Å². The summed E-state index contributed by atoms with van der Waals surface area (Å²) in [5.41, 5.74) is 0. The van der Waals surface area contributed by atoms with E-state index in [4.69, 9.17) is 0 Å². The molecule has 0 saturated carbocycles. The van der Waals surface area contributed by atoms with Gasteiger partial charge in [0.15, 0.2) is 0 Å². The van der Waals surface area contributed by atoms with Crippen molar-refractivity contribution in [3.05, 3.63) is 24.4 Å². The highest BCUT2D eigenvalue weighted by Gasteiger charge is 2.41. The molecule has 1 N–H and O–H groups in total. The standard InChI is InChI=1S/C15H23N3/c1-4-12-18(13-5-1,14-7-10-16-11-8-14)15-6-2-3-9-17-15/h2,6,9,14,16H,1,4-5,7-8,10-13H2/q+1. The first-order chi connectivity index (χ1) is 8.92. The number of pyridine rings is 1. The van der Waals surface area contributed by atoms with Crippen molar-refractivity contribution < 1.29 is 0 Å². The molecule has 3 heterocycles. The predicted octanol–water partition coefficient (Wildman–Crippen LogP) is 2.12. The number of hydrogen-bond donors (Lipinski definition) is 1. The molecule has 1 aromatic rings. The van der Waals surface area contributed by atoms with Crippen LogP contribution in [0, 0.1) is 6.07 Å². The third kappa shape index (κ3) is 2.17. The van der Waals surface area contributed by atoms with Crippen LogP contribution in [0.2, 0.25) is 0 Å². The van der Waals surface area contributed by atoms with E-state index in [1.165, 1.54) is 64.1 Å². The molecule has 0 spiro atoms. The molecular weight excluding hydrogens is 222 g/mol. The zero-order chi connectivity index (χ0) is 12.3. The van der Waals surface area contributed by atoms with Gasteiger partial charge in [0.2, 0.25) is 5.82 Å². The summed E-state index contributed by atoms with van der Waals surface area (Å²) in [6.45, 7) is 4.90. The molecule has 0 aliphatic carbocycles. The van der Waals surface area contributed by atoms with Crippen LogP contribution in [0.1, 0.15) is 32.1 Å². The van der Waals surface area contributed by atoms with E-state index in [-0.39, 0.29) is 0 Å². The SMILES string of the molecule is [c]1ccc([N+]2(C3CCNCC3)CCCCC2)nc1. The zero-order valence-electron chi connectivity index (χ0n) is 11.1. The lowest BCUT2D eigenvalue weighted by Crippen LogP contribution is -2.62. The van der Waals surface area contributed by atoms with Gasteiger partial charge >= 0.3 is 0 Å². The van der Waals surface area contributed by atoms with Crippen LogP contribution in [0.25, 0.3) is 0 Å². The summed E-state index contributed by atoms with van der Waals surface area (Å²) < 4.78 is 1.14. The quantitative estimate of drug-likeness (QED) is 0.807. The molecule has 0 unspecified atom stereocenters. The molecule has 1 aromatic heterocycles. The Balaban J connectivity index is 1.92. The number of hydrogen-bond acceptors (Lipinski definition) is 2. The number of likely N-dealkylation sites (tertiary alicyclic amines) is 1. The van der Waals surface area contributed by atoms with Crippen LogP contribution < -0.4 is 9.80 Å². The van der Waals surface area contributed by atoms with Gasteiger partial charge in [-0.25, -0.2) is 4.98 Å². The second-order valence-electron chi connectivity index (χ2n) is 5.64. The average molecular weight is 245 g/mol. The minimum atomic E-state index is 0.765. The molecule has 0 atom stereocenters. The molecule has 97 valence electrons. The van der Waals surface area contributed by atoms with Gasteiger partial charge in [-0.2, -0.15) is 0 Å². The fraction of sp³-hybridized carbons (Fsp3) is 0.667. The molecule has 3 rings (SSSR count). The second-order valence-corrected chi connectivity index (χ2v) is 5.64. The molecule has 3 nitrogen and oxygen atoms in total. The minimum absolute atomic E-state index is 0.765. The molecule has 1 radical (unpaired) electrons. The zero-order valence-corrected chi connectivity index (χ0v) is 11.1. The van der Waals surface area contributed by atoms with E-state index < -0.39 is 0 Å². The Morgan fingerprint density at radius 2 is 1.94 bits per heavy atom. The summed E-state index contributed by atoms with van der Waals surface area (Å²) >= 11 is 0. The summed E-state index contributed by atoms with van der Waals surface area (Å²) in [4.78, 5) is 4.65. The first kappa shape index (κ1) is 12.1. The van der Waals surface area contributed by atoms with Gasteiger partial charge in [0.05, 0.1) is 19.1 Å². The van der Waals surface area contributed by atoms with Crippen molar-refractivity contribution in [3.8, 4) is 0 Å². The molecule has 18 heavy (non-hydrogen) atoms. The normalized spacial score (nSPS) is 24.9. The lowest BCUT2D eigenvalue weighted by molar-refractivity contribution is 0.134. The van der Waals surface area contributed by atoms with Crippen molar-refractivity contribution in [2.75, 3.05) is 26.2 Å². The number of rotatable bonds is 2. The van der Waals surface area contributed by atoms with E-state index in [1.54, 1.807) is 0 Å². The fourth-order valence-electron chi connectivity index (χ4n) is 3.73. The maximum atomic E-state index is 4.65. The second kappa shape index (κ2) is 5.37. The predicted molar refractivity (Wildman–Crippen MR) is 74.3 cm³/mol. The number of quaternary nitrogens is 1. The van der Waals surface area contributed by atoms with Gasteiger partial charge in [-0.05, 0) is 25.3 Å². The van der Waals surface area contributed by atoms with Gasteiger partial charge in [0, 0.05) is 44.3 Å². The topological polar surface area (TPSA) is 24.9 Å². The van der Waals surface area contributed by atoms with E-state index in [0.717, 1.165) is 10.5 Å². The van der Waals surface area contributed by atoms with Crippen molar-refractivity contribution in [3.63, 3.8) is 0 Å². The van der Waals surface area contributed by atoms with Crippen LogP contribution in [0.4, 0.5) is 5.82 Å². The van der Waals surface area contributed by atoms with Crippen LogP contribution in [-0.2, 0) is 0 Å². The van der Waals surface area contributed by atoms with E-state index >= 15 is 0 Å². The van der Waals surface area contributed by atoms with Gasteiger partial charge in [0.25, 0.3) is 0 Å². The Morgan fingerprint density at radius 1 is 1.17 bits per heavy atom. The lowest BCUT2D eigenvalue weighted by atomic mass is 9.96. The van der Waals surface area contributed by atoms with Crippen molar-refractivity contribution >= 4 is 5.82 Å². The first-order valence-corrected chi connectivity index (χ1v) is 7.32. The number of piperidine rings is 2. The highest BCUT2D eigenvalue weighted by molar-refractivity contribution is 5.35. The Bertz CT molecular complexity index is 365. The lowest BCUT2D eigenvalue weighted by Gasteiger charge is -2.47. The largest absolute Gasteiger partial charge is 0.316 e. The smallest absolute Gasteiger partial charge is 0.227 e. The van der Waals surface area contributed by atoms with Crippen LogP contribution in [0.5, 0.6) is 0 Å². The van der Waals surface area contributed by atoms with Crippen LogP contribution in [-0.4, -0.2) is 37.2 Å². The van der Waals surface area contributed by atoms with E-state index in [0.29, 0.717) is 0 Å². The Kier molecular flexibility index (Phi) is 3.62. The molecular formula is C15H23N3+. The van der Waals surface area contributed by atoms with Gasteiger partial charge in [-0.3, -0.25) is 4.48 Å². The fourth-order valence-corrected chi connectivity index (χ4v) is 3.73. The van der Waals surface area contributed by atoms with Gasteiger partial charge in [0.1, 0.15) is 0 Å². The molecule has 2 aliphatic heterocycles. The number of aromatic nitrogens is 1. The van der Waals surface area contributed by atoms with Crippen molar-refractivity contribution in [1.29, 1.82) is 0 Å². The third-order valence-corrected chi connectivity index (χ3v) is 4.68. The van der Waals surface area contributed by atoms with Crippen LogP contribution >= 0.6 is 0 Å². The van der Waals surface area contributed by atoms with E-state index in [1.807, 2.05) is 12.3 Å². The summed E-state index contributed by atoms with van der Waals surface area (Å²) in [6.07, 6.45) is 8.52. The third-order valence-electron chi connectivity index (χ3n) is 4.68. The Labute approximate surface area is 110 Å². The van der Waals surface area contributed by atoms with Crippen LogP contribution in [0.3, 0.4) is 0 Å². The summed E-state index contributed by atoms with van der Waals surface area (Å²) in [6, 6.07) is 8.04. The first-order valence-electron chi connectivity index (χ1n) is 7.32. The highest BCUT2D eigenvalue weighted by atomic mass is 15.4. The average Bonchev–Trinajstić information content (AvgIpc) is 2.50. The molecule has 0 aromatic carbocycles. The Morgan fingerprint density at radius 3 is 2.61 bits per heavy atom. The number of nitrogens with one attached hydrogen (secondary N) is 1. The molecule has 2 aliphatic rings. The van der Waals surface area contributed by atoms with Gasteiger partial charge < -0.3 is 5.32 Å². The minimum Gasteiger partial charge on any atom is -0.316 e.